The maximum atomic E-state index is 13.0. The van der Waals surface area contributed by atoms with Crippen molar-refractivity contribution in [2.24, 2.45) is 0 Å². The number of nitro groups is 1. The van der Waals surface area contributed by atoms with Gasteiger partial charge in [-0.05, 0) is 19.1 Å². The third-order valence-corrected chi connectivity index (χ3v) is 4.68. The maximum Gasteiger partial charge on any atom is 0.416 e. The zero-order valence-electron chi connectivity index (χ0n) is 15.6. The van der Waals surface area contributed by atoms with Gasteiger partial charge >= 0.3 is 12.1 Å². The van der Waals surface area contributed by atoms with E-state index in [2.05, 4.69) is 4.98 Å². The minimum Gasteiger partial charge on any atom is -0.465 e. The molecule has 2 aromatic rings. The molecule has 2 heterocycles. The van der Waals surface area contributed by atoms with Crippen molar-refractivity contribution >= 4 is 28.2 Å². The average Bonchev–Trinajstić information content (AvgIpc) is 2.66. The van der Waals surface area contributed by atoms with Crippen LogP contribution in [0, 0.1) is 10.1 Å². The Kier molecular flexibility index (Phi) is 5.87. The van der Waals surface area contributed by atoms with Crippen molar-refractivity contribution in [3.05, 3.63) is 40.1 Å². The van der Waals surface area contributed by atoms with Crippen molar-refractivity contribution in [3.8, 4) is 0 Å². The van der Waals surface area contributed by atoms with Crippen LogP contribution in [0.1, 0.15) is 12.5 Å². The van der Waals surface area contributed by atoms with E-state index in [0.717, 1.165) is 6.07 Å². The fourth-order valence-corrected chi connectivity index (χ4v) is 3.24. The first-order valence-electron chi connectivity index (χ1n) is 8.97. The van der Waals surface area contributed by atoms with Crippen LogP contribution >= 0.6 is 0 Å². The highest BCUT2D eigenvalue weighted by atomic mass is 19.4. The van der Waals surface area contributed by atoms with Crippen LogP contribution in [0.25, 0.3) is 10.9 Å². The smallest absolute Gasteiger partial charge is 0.416 e. The molecule has 0 aliphatic carbocycles. The van der Waals surface area contributed by atoms with Gasteiger partial charge in [0.15, 0.2) is 0 Å². The first-order chi connectivity index (χ1) is 13.7. The highest BCUT2D eigenvalue weighted by Crippen LogP contribution is 2.36. The topological polar surface area (TPSA) is 88.8 Å². The zero-order valence-corrected chi connectivity index (χ0v) is 15.6. The summed E-state index contributed by atoms with van der Waals surface area (Å²) in [5.74, 6) is -0.301. The molecular formula is C18H19F3N4O4. The number of halogens is 3. The molecular weight excluding hydrogens is 393 g/mol. The number of hydrogen-bond acceptors (Lipinski definition) is 7. The highest BCUT2D eigenvalue weighted by Gasteiger charge is 2.33. The summed E-state index contributed by atoms with van der Waals surface area (Å²) >= 11 is 0. The normalized spacial score (nSPS) is 15.5. The quantitative estimate of drug-likeness (QED) is 0.424. The lowest BCUT2D eigenvalue weighted by Crippen LogP contribution is -2.48. The summed E-state index contributed by atoms with van der Waals surface area (Å²) in [6.07, 6.45) is -3.29. The highest BCUT2D eigenvalue weighted by molar-refractivity contribution is 5.91. The first-order valence-corrected chi connectivity index (χ1v) is 8.97. The molecule has 11 heteroatoms. The number of aromatic nitrogens is 1. The summed E-state index contributed by atoms with van der Waals surface area (Å²) in [4.78, 5) is 30.0. The third kappa shape index (κ3) is 4.73. The van der Waals surface area contributed by atoms with E-state index in [1.807, 2.05) is 9.80 Å². The number of nitro benzene ring substituents is 1. The van der Waals surface area contributed by atoms with E-state index in [9.17, 15) is 28.1 Å². The molecule has 29 heavy (non-hydrogen) atoms. The van der Waals surface area contributed by atoms with Gasteiger partial charge in [0, 0.05) is 32.2 Å². The second-order valence-electron chi connectivity index (χ2n) is 6.58. The van der Waals surface area contributed by atoms with Gasteiger partial charge in [0.2, 0.25) is 0 Å². The van der Waals surface area contributed by atoms with Crippen molar-refractivity contribution in [2.45, 2.75) is 13.1 Å². The molecule has 0 N–H and O–H groups in total. The van der Waals surface area contributed by atoms with Crippen LogP contribution < -0.4 is 4.90 Å². The number of benzene rings is 1. The van der Waals surface area contributed by atoms with Gasteiger partial charge in [0.05, 0.1) is 46.4 Å². The van der Waals surface area contributed by atoms with Gasteiger partial charge in [0.25, 0.3) is 5.69 Å². The molecule has 0 amide bonds. The molecule has 1 aromatic heterocycles. The molecule has 0 atom stereocenters. The van der Waals surface area contributed by atoms with E-state index in [4.69, 9.17) is 4.74 Å². The molecule has 0 spiro atoms. The van der Waals surface area contributed by atoms with Gasteiger partial charge < -0.3 is 9.64 Å². The monoisotopic (exact) mass is 412 g/mol. The molecule has 0 saturated carbocycles. The van der Waals surface area contributed by atoms with Gasteiger partial charge in [-0.3, -0.25) is 24.8 Å². The number of piperazine rings is 1. The number of esters is 1. The Hall–Kier alpha value is -2.95. The lowest BCUT2D eigenvalue weighted by Gasteiger charge is -2.35. The molecule has 1 saturated heterocycles. The third-order valence-electron chi connectivity index (χ3n) is 4.68. The standard InChI is InChI=1S/C18H19F3N4O4/c1-2-29-17(26)11-23-3-5-24(6-4-23)13-9-14-15(22-10-13)7-12(18(19,20)21)8-16(14)25(27)28/h7-10H,2-6,11H2,1H3. The Labute approximate surface area is 164 Å². The second kappa shape index (κ2) is 8.19. The molecule has 1 aromatic carbocycles. The SMILES string of the molecule is CCOC(=O)CN1CCN(c2cnc3cc(C(F)(F)F)cc([N+](=O)[O-])c3c2)CC1. The number of pyridine rings is 1. The molecule has 3 rings (SSSR count). The van der Waals surface area contributed by atoms with Crippen LogP contribution in [0.4, 0.5) is 24.5 Å². The Bertz CT molecular complexity index is 927. The molecule has 156 valence electrons. The zero-order chi connectivity index (χ0) is 21.2. The number of carbonyl (C=O) groups is 1. The molecule has 0 unspecified atom stereocenters. The minimum absolute atomic E-state index is 0.0504. The van der Waals surface area contributed by atoms with Gasteiger partial charge in [-0.15, -0.1) is 0 Å². The number of carbonyl (C=O) groups excluding carboxylic acids is 1. The van der Waals surface area contributed by atoms with E-state index < -0.39 is 22.4 Å². The van der Waals surface area contributed by atoms with E-state index in [-0.39, 0.29) is 23.4 Å². The summed E-state index contributed by atoms with van der Waals surface area (Å²) in [6.45, 7) is 4.47. The van der Waals surface area contributed by atoms with E-state index in [0.29, 0.717) is 44.5 Å². The second-order valence-corrected chi connectivity index (χ2v) is 6.58. The molecule has 1 aliphatic rings. The van der Waals surface area contributed by atoms with Crippen molar-refractivity contribution in [3.63, 3.8) is 0 Å². The summed E-state index contributed by atoms with van der Waals surface area (Å²) < 4.78 is 44.0. The summed E-state index contributed by atoms with van der Waals surface area (Å²) in [7, 11) is 0. The number of anilines is 1. The van der Waals surface area contributed by atoms with Crippen LogP contribution in [0.15, 0.2) is 24.4 Å². The number of hydrogen-bond donors (Lipinski definition) is 0. The fraction of sp³-hybridized carbons (Fsp3) is 0.444. The average molecular weight is 412 g/mol. The summed E-state index contributed by atoms with van der Waals surface area (Å²) in [5, 5.41) is 11.4. The molecule has 1 aliphatic heterocycles. The number of ether oxygens (including phenoxy) is 1. The molecule has 1 fully saturated rings. The van der Waals surface area contributed by atoms with Gasteiger partial charge in [-0.2, -0.15) is 13.2 Å². The Morgan fingerprint density at radius 2 is 1.93 bits per heavy atom. The van der Waals surface area contributed by atoms with Gasteiger partial charge in [0.1, 0.15) is 0 Å². The molecule has 8 nitrogen and oxygen atoms in total. The molecule has 0 bridgehead atoms. The van der Waals surface area contributed by atoms with Crippen molar-refractivity contribution < 1.29 is 27.6 Å². The van der Waals surface area contributed by atoms with Crippen LogP contribution in [0.5, 0.6) is 0 Å². The molecule has 0 radical (unpaired) electrons. The van der Waals surface area contributed by atoms with Crippen molar-refractivity contribution in [1.29, 1.82) is 0 Å². The lowest BCUT2D eigenvalue weighted by atomic mass is 10.1. The van der Waals surface area contributed by atoms with E-state index in [1.165, 1.54) is 12.3 Å². The minimum atomic E-state index is -4.70. The number of alkyl halides is 3. The van der Waals surface area contributed by atoms with E-state index in [1.54, 1.807) is 6.92 Å². The number of fused-ring (bicyclic) bond motifs is 1. The van der Waals surface area contributed by atoms with Gasteiger partial charge in [-0.1, -0.05) is 0 Å². The predicted molar refractivity (Wildman–Crippen MR) is 98.7 cm³/mol. The van der Waals surface area contributed by atoms with E-state index >= 15 is 0 Å². The summed E-state index contributed by atoms with van der Waals surface area (Å²) in [5.41, 5.74) is -1.25. The Balaban J connectivity index is 1.82. The first kappa shape index (κ1) is 20.8. The number of rotatable bonds is 5. The van der Waals surface area contributed by atoms with Crippen LogP contribution in [0.2, 0.25) is 0 Å². The van der Waals surface area contributed by atoms with Crippen LogP contribution in [-0.2, 0) is 15.7 Å². The Morgan fingerprint density at radius 3 is 2.52 bits per heavy atom. The van der Waals surface area contributed by atoms with Crippen molar-refractivity contribution in [2.75, 3.05) is 44.2 Å². The van der Waals surface area contributed by atoms with Crippen LogP contribution in [-0.4, -0.2) is 60.1 Å². The van der Waals surface area contributed by atoms with Crippen molar-refractivity contribution in [1.82, 2.24) is 9.88 Å². The Morgan fingerprint density at radius 1 is 1.24 bits per heavy atom. The maximum absolute atomic E-state index is 13.0. The fourth-order valence-electron chi connectivity index (χ4n) is 3.24. The predicted octanol–water partition coefficient (Wildman–Crippen LogP) is 2.85. The summed E-state index contributed by atoms with van der Waals surface area (Å²) in [6, 6.07) is 2.83. The number of non-ortho nitro benzene ring substituents is 1. The lowest BCUT2D eigenvalue weighted by molar-refractivity contribution is -0.383. The largest absolute Gasteiger partial charge is 0.465 e. The van der Waals surface area contributed by atoms with Crippen LogP contribution in [0.3, 0.4) is 0 Å². The van der Waals surface area contributed by atoms with Gasteiger partial charge in [-0.25, -0.2) is 0 Å². The number of nitrogens with zero attached hydrogens (tertiary/aromatic N) is 4.